The summed E-state index contributed by atoms with van der Waals surface area (Å²) in [4.78, 5) is 38.5. The van der Waals surface area contributed by atoms with Gasteiger partial charge in [-0.1, -0.05) is 12.1 Å². The average Bonchev–Trinajstić information content (AvgIpc) is 3.48. The van der Waals surface area contributed by atoms with Crippen molar-refractivity contribution in [3.63, 3.8) is 0 Å². The second-order valence-electron chi connectivity index (χ2n) is 8.52. The van der Waals surface area contributed by atoms with Crippen molar-refractivity contribution in [1.82, 2.24) is 10.2 Å². The highest BCUT2D eigenvalue weighted by atomic mass is 16.6. The number of hydrogen-bond donors (Lipinski definition) is 1. The van der Waals surface area contributed by atoms with Crippen molar-refractivity contribution in [2.45, 2.75) is 19.9 Å². The lowest BCUT2D eigenvalue weighted by atomic mass is 9.95. The molecule has 192 valence electrons. The molecule has 0 aliphatic carbocycles. The number of nitrogens with zero attached hydrogens (tertiary/aromatic N) is 3. The molecule has 1 aliphatic heterocycles. The number of carbonyl (C=O) groups is 2. The van der Waals surface area contributed by atoms with Gasteiger partial charge in [-0.05, 0) is 67.9 Å². The molecule has 2 heterocycles. The third-order valence-corrected chi connectivity index (χ3v) is 6.26. The number of nitro groups is 1. The number of nitrogens with one attached hydrogen (secondary N) is 1. The van der Waals surface area contributed by atoms with Gasteiger partial charge >= 0.3 is 5.97 Å². The van der Waals surface area contributed by atoms with Gasteiger partial charge in [0.2, 0.25) is 0 Å². The minimum Gasteiger partial charge on any atom is -0.494 e. The van der Waals surface area contributed by atoms with Crippen LogP contribution in [0.2, 0.25) is 0 Å². The first-order chi connectivity index (χ1) is 18.4. The van der Waals surface area contributed by atoms with Crippen molar-refractivity contribution in [3.05, 3.63) is 105 Å². The number of aromatic amines is 1. The molecule has 5 rings (SSSR count). The molecule has 3 aromatic carbocycles. The molecule has 1 atom stereocenters. The van der Waals surface area contributed by atoms with Crippen LogP contribution in [0.4, 0.5) is 11.4 Å². The van der Waals surface area contributed by atoms with E-state index in [1.165, 1.54) is 12.1 Å². The van der Waals surface area contributed by atoms with E-state index in [1.54, 1.807) is 48.2 Å². The lowest BCUT2D eigenvalue weighted by molar-refractivity contribution is -0.384. The average molecular weight is 513 g/mol. The summed E-state index contributed by atoms with van der Waals surface area (Å²) in [6, 6.07) is 19.3. The van der Waals surface area contributed by atoms with Gasteiger partial charge in [0.15, 0.2) is 0 Å². The predicted molar refractivity (Wildman–Crippen MR) is 139 cm³/mol. The van der Waals surface area contributed by atoms with Crippen LogP contribution >= 0.6 is 0 Å². The number of non-ortho nitro benzene ring substituents is 1. The predicted octanol–water partition coefficient (Wildman–Crippen LogP) is 5.31. The summed E-state index contributed by atoms with van der Waals surface area (Å²) >= 11 is 0. The number of amides is 1. The quantitative estimate of drug-likeness (QED) is 0.192. The minimum absolute atomic E-state index is 0.0906. The summed E-state index contributed by atoms with van der Waals surface area (Å²) in [5, 5.41) is 18.9. The molecule has 10 nitrogen and oxygen atoms in total. The number of hydrogen-bond acceptors (Lipinski definition) is 7. The van der Waals surface area contributed by atoms with Crippen LogP contribution < -0.4 is 9.64 Å². The van der Waals surface area contributed by atoms with Gasteiger partial charge in [-0.3, -0.25) is 24.9 Å². The number of aromatic nitrogens is 2. The number of benzene rings is 3. The summed E-state index contributed by atoms with van der Waals surface area (Å²) < 4.78 is 10.6. The van der Waals surface area contributed by atoms with E-state index in [9.17, 15) is 19.7 Å². The van der Waals surface area contributed by atoms with Crippen molar-refractivity contribution < 1.29 is 24.0 Å². The van der Waals surface area contributed by atoms with Crippen LogP contribution in [-0.4, -0.2) is 40.2 Å². The number of rotatable bonds is 8. The van der Waals surface area contributed by atoms with Crippen molar-refractivity contribution in [2.24, 2.45) is 0 Å². The molecule has 0 saturated heterocycles. The lowest BCUT2D eigenvalue weighted by Gasteiger charge is -2.26. The SMILES string of the molecule is CCOC(=O)c1ccc(N2C(=O)c3[nH]nc(-c4ccc(OCC)cc4)c3[C@@H]2c2cccc([N+](=O)[O-])c2)cc1. The smallest absolute Gasteiger partial charge is 0.338 e. The van der Waals surface area contributed by atoms with Crippen LogP contribution in [-0.2, 0) is 4.74 Å². The topological polar surface area (TPSA) is 128 Å². The normalized spacial score (nSPS) is 14.3. The van der Waals surface area contributed by atoms with Gasteiger partial charge in [0.25, 0.3) is 11.6 Å². The second kappa shape index (κ2) is 10.2. The number of H-pyrrole nitrogens is 1. The molecule has 0 saturated carbocycles. The van der Waals surface area contributed by atoms with E-state index in [0.717, 1.165) is 5.56 Å². The van der Waals surface area contributed by atoms with Gasteiger partial charge in [0.1, 0.15) is 11.4 Å². The lowest BCUT2D eigenvalue weighted by Crippen LogP contribution is -2.29. The third kappa shape index (κ3) is 4.36. The maximum absolute atomic E-state index is 13.7. The maximum atomic E-state index is 13.7. The van der Waals surface area contributed by atoms with Crippen molar-refractivity contribution >= 4 is 23.3 Å². The van der Waals surface area contributed by atoms with Crippen LogP contribution in [0.25, 0.3) is 11.3 Å². The first-order valence-corrected chi connectivity index (χ1v) is 12.1. The van der Waals surface area contributed by atoms with E-state index in [1.807, 2.05) is 31.2 Å². The number of fused-ring (bicyclic) bond motifs is 1. The Hall–Kier alpha value is -4.99. The Balaban J connectivity index is 1.63. The number of nitro benzene ring substituents is 1. The highest BCUT2D eigenvalue weighted by Gasteiger charge is 2.43. The zero-order valence-corrected chi connectivity index (χ0v) is 20.7. The molecular weight excluding hydrogens is 488 g/mol. The van der Waals surface area contributed by atoms with E-state index < -0.39 is 16.9 Å². The van der Waals surface area contributed by atoms with E-state index in [-0.39, 0.29) is 18.2 Å². The van der Waals surface area contributed by atoms with Crippen LogP contribution in [0.5, 0.6) is 5.75 Å². The highest BCUT2D eigenvalue weighted by molar-refractivity contribution is 6.12. The van der Waals surface area contributed by atoms with E-state index >= 15 is 0 Å². The number of anilines is 1. The first kappa shape index (κ1) is 24.7. The second-order valence-corrected chi connectivity index (χ2v) is 8.52. The van der Waals surface area contributed by atoms with Gasteiger partial charge in [0.05, 0.1) is 35.4 Å². The van der Waals surface area contributed by atoms with Gasteiger partial charge in [-0.25, -0.2) is 4.79 Å². The molecular formula is C28H24N4O6. The largest absolute Gasteiger partial charge is 0.494 e. The monoisotopic (exact) mass is 512 g/mol. The molecule has 0 bridgehead atoms. The Morgan fingerprint density at radius 3 is 2.45 bits per heavy atom. The molecule has 38 heavy (non-hydrogen) atoms. The fourth-order valence-electron chi connectivity index (χ4n) is 4.61. The summed E-state index contributed by atoms with van der Waals surface area (Å²) in [6.07, 6.45) is 0. The zero-order valence-electron chi connectivity index (χ0n) is 20.7. The van der Waals surface area contributed by atoms with E-state index in [4.69, 9.17) is 9.47 Å². The van der Waals surface area contributed by atoms with E-state index in [2.05, 4.69) is 10.2 Å². The zero-order chi connectivity index (χ0) is 26.8. The fraction of sp³-hybridized carbons (Fsp3) is 0.179. The summed E-state index contributed by atoms with van der Waals surface area (Å²) in [5.74, 6) is -0.0997. The molecule has 0 fully saturated rings. The molecule has 1 amide bonds. The van der Waals surface area contributed by atoms with Crippen molar-refractivity contribution in [3.8, 4) is 17.0 Å². The van der Waals surface area contributed by atoms with Crippen LogP contribution in [0.15, 0.2) is 72.8 Å². The van der Waals surface area contributed by atoms with Crippen LogP contribution in [0, 0.1) is 10.1 Å². The Morgan fingerprint density at radius 1 is 1.05 bits per heavy atom. The van der Waals surface area contributed by atoms with Crippen molar-refractivity contribution in [2.75, 3.05) is 18.1 Å². The van der Waals surface area contributed by atoms with Gasteiger partial charge in [-0.2, -0.15) is 5.10 Å². The Morgan fingerprint density at radius 2 is 1.79 bits per heavy atom. The first-order valence-electron chi connectivity index (χ1n) is 12.1. The molecule has 4 aromatic rings. The maximum Gasteiger partial charge on any atom is 0.338 e. The number of ether oxygens (including phenoxy) is 2. The Labute approximate surface area is 218 Å². The fourth-order valence-corrected chi connectivity index (χ4v) is 4.61. The molecule has 10 heteroatoms. The van der Waals surface area contributed by atoms with Gasteiger partial charge in [0, 0.05) is 28.9 Å². The molecule has 1 N–H and O–H groups in total. The van der Waals surface area contributed by atoms with Crippen LogP contribution in [0.1, 0.15) is 51.9 Å². The number of esters is 1. The summed E-state index contributed by atoms with van der Waals surface area (Å²) in [5.41, 5.74) is 3.54. The molecule has 1 aromatic heterocycles. The molecule has 1 aliphatic rings. The van der Waals surface area contributed by atoms with Gasteiger partial charge < -0.3 is 9.47 Å². The van der Waals surface area contributed by atoms with Crippen LogP contribution in [0.3, 0.4) is 0 Å². The summed E-state index contributed by atoms with van der Waals surface area (Å²) in [6.45, 7) is 4.40. The molecule has 0 radical (unpaired) electrons. The Kier molecular flexibility index (Phi) is 6.61. The molecule has 0 unspecified atom stereocenters. The summed E-state index contributed by atoms with van der Waals surface area (Å²) in [7, 11) is 0. The standard InChI is InChI=1S/C28H24N4O6/c1-3-37-22-14-10-17(11-15-22)24-23-25(30-29-24)27(33)31(20-12-8-18(9-13-20)28(34)38-4-2)26(23)19-6-5-7-21(16-19)32(35)36/h5-16,26H,3-4H2,1-2H3,(H,29,30)/t26-/m0/s1. The Bertz CT molecular complexity index is 1510. The van der Waals surface area contributed by atoms with Crippen molar-refractivity contribution in [1.29, 1.82) is 0 Å². The third-order valence-electron chi connectivity index (χ3n) is 6.26. The van der Waals surface area contributed by atoms with Gasteiger partial charge in [-0.15, -0.1) is 0 Å². The molecule has 0 spiro atoms. The van der Waals surface area contributed by atoms with E-state index in [0.29, 0.717) is 46.1 Å². The highest BCUT2D eigenvalue weighted by Crippen LogP contribution is 2.45. The number of carbonyl (C=O) groups excluding carboxylic acids is 2. The minimum atomic E-state index is -0.703.